The molecule has 5 nitrogen and oxygen atoms in total. The van der Waals surface area contributed by atoms with Crippen LogP contribution in [0.3, 0.4) is 0 Å². The molecule has 0 saturated carbocycles. The van der Waals surface area contributed by atoms with Gasteiger partial charge in [-0.05, 0) is 31.2 Å². The lowest BCUT2D eigenvalue weighted by Crippen LogP contribution is -2.52. The molecule has 1 heterocycles. The number of carbonyl (C=O) groups is 1. The van der Waals surface area contributed by atoms with E-state index in [-0.39, 0.29) is 12.6 Å². The van der Waals surface area contributed by atoms with Gasteiger partial charge in [0.2, 0.25) is 0 Å². The van der Waals surface area contributed by atoms with E-state index in [1.54, 1.807) is 4.90 Å². The number of nitrogens with one attached hydrogen (secondary N) is 1. The molecule has 1 fully saturated rings. The van der Waals surface area contributed by atoms with Crippen molar-refractivity contribution in [1.29, 1.82) is 0 Å². The second kappa shape index (κ2) is 8.00. The van der Waals surface area contributed by atoms with Crippen molar-refractivity contribution in [2.45, 2.75) is 37.9 Å². The summed E-state index contributed by atoms with van der Waals surface area (Å²) in [5.74, 6) is 0. The topological polar surface area (TPSA) is 72.8 Å². The van der Waals surface area contributed by atoms with Crippen LogP contribution in [0.5, 0.6) is 0 Å². The second-order valence-corrected chi connectivity index (χ2v) is 5.54. The van der Waals surface area contributed by atoms with E-state index in [1.807, 2.05) is 18.2 Å². The number of aliphatic hydroxyl groups is 2. The molecule has 0 radical (unpaired) electrons. The van der Waals surface area contributed by atoms with Gasteiger partial charge in [-0.25, -0.2) is 4.79 Å². The lowest BCUT2D eigenvalue weighted by molar-refractivity contribution is -0.0276. The lowest BCUT2D eigenvalue weighted by atomic mass is 10.1. The summed E-state index contributed by atoms with van der Waals surface area (Å²) < 4.78 is 0. The molecule has 2 amide bonds. The summed E-state index contributed by atoms with van der Waals surface area (Å²) in [6, 6.07) is 10.1. The molecule has 0 unspecified atom stereocenters. The highest BCUT2D eigenvalue weighted by Gasteiger charge is 2.28. The van der Waals surface area contributed by atoms with Crippen molar-refractivity contribution in [3.05, 3.63) is 35.9 Å². The lowest BCUT2D eigenvalue weighted by Gasteiger charge is -2.33. The molecule has 3 N–H and O–H groups in total. The number of unbranched alkanes of at least 4 members (excludes halogenated alkanes) is 1. The van der Waals surface area contributed by atoms with Gasteiger partial charge < -0.3 is 20.4 Å². The largest absolute Gasteiger partial charge is 0.390 e. The van der Waals surface area contributed by atoms with Crippen LogP contribution < -0.4 is 5.32 Å². The van der Waals surface area contributed by atoms with Gasteiger partial charge in [-0.15, -0.1) is 0 Å². The fourth-order valence-electron chi connectivity index (χ4n) is 2.51. The molecule has 0 bridgehead atoms. The minimum absolute atomic E-state index is 0.152. The third-order valence-electron chi connectivity index (χ3n) is 3.84. The maximum absolute atomic E-state index is 11.9. The smallest absolute Gasteiger partial charge is 0.317 e. The van der Waals surface area contributed by atoms with Crippen LogP contribution in [0.2, 0.25) is 0 Å². The van der Waals surface area contributed by atoms with Gasteiger partial charge in [0, 0.05) is 13.1 Å². The Morgan fingerprint density at radius 3 is 2.67 bits per heavy atom. The van der Waals surface area contributed by atoms with E-state index in [4.69, 9.17) is 0 Å². The van der Waals surface area contributed by atoms with E-state index in [9.17, 15) is 15.0 Å². The number of nitrogens with zero attached hydrogens (tertiary/aromatic N) is 1. The number of amides is 2. The highest BCUT2D eigenvalue weighted by molar-refractivity contribution is 5.74. The Morgan fingerprint density at radius 1 is 1.19 bits per heavy atom. The molecule has 2 rings (SSSR count). The zero-order valence-corrected chi connectivity index (χ0v) is 12.2. The standard InChI is InChI=1S/C16H24N2O3/c19-14-9-11-18(12-15(14)20)16(21)17-10-5-4-8-13-6-2-1-3-7-13/h1-3,6-7,14-15,19-20H,4-5,8-12H2,(H,17,21)/t14-,15+/m0/s1. The molecule has 0 aromatic heterocycles. The van der Waals surface area contributed by atoms with Crippen LogP contribution in [-0.2, 0) is 6.42 Å². The second-order valence-electron chi connectivity index (χ2n) is 5.54. The van der Waals surface area contributed by atoms with Crippen molar-refractivity contribution in [2.75, 3.05) is 19.6 Å². The zero-order chi connectivity index (χ0) is 15.1. The first-order chi connectivity index (χ1) is 10.2. The molecule has 0 aliphatic carbocycles. The van der Waals surface area contributed by atoms with E-state index in [2.05, 4.69) is 17.4 Å². The predicted molar refractivity (Wildman–Crippen MR) is 81.0 cm³/mol. The third-order valence-corrected chi connectivity index (χ3v) is 3.84. The Balaban J connectivity index is 1.59. The van der Waals surface area contributed by atoms with Gasteiger partial charge in [0.25, 0.3) is 0 Å². The van der Waals surface area contributed by atoms with Crippen molar-refractivity contribution >= 4 is 6.03 Å². The first kappa shape index (κ1) is 15.8. The number of rotatable bonds is 5. The monoisotopic (exact) mass is 292 g/mol. The third kappa shape index (κ3) is 5.02. The Labute approximate surface area is 125 Å². The van der Waals surface area contributed by atoms with Gasteiger partial charge in [-0.3, -0.25) is 0 Å². The summed E-state index contributed by atoms with van der Waals surface area (Å²) in [5.41, 5.74) is 1.32. The maximum Gasteiger partial charge on any atom is 0.317 e. The van der Waals surface area contributed by atoms with Crippen LogP contribution in [0, 0.1) is 0 Å². The summed E-state index contributed by atoms with van der Waals surface area (Å²) in [4.78, 5) is 13.5. The molecule has 1 saturated heterocycles. The summed E-state index contributed by atoms with van der Waals surface area (Å²) in [6.45, 7) is 1.34. The van der Waals surface area contributed by atoms with Gasteiger partial charge in [0.15, 0.2) is 0 Å². The summed E-state index contributed by atoms with van der Waals surface area (Å²) in [7, 11) is 0. The van der Waals surface area contributed by atoms with Crippen molar-refractivity contribution < 1.29 is 15.0 Å². The van der Waals surface area contributed by atoms with E-state index >= 15 is 0 Å². The first-order valence-corrected chi connectivity index (χ1v) is 7.59. The van der Waals surface area contributed by atoms with Crippen LogP contribution in [-0.4, -0.2) is 53.0 Å². The van der Waals surface area contributed by atoms with Crippen LogP contribution >= 0.6 is 0 Å². The van der Waals surface area contributed by atoms with E-state index < -0.39 is 12.2 Å². The number of urea groups is 1. The molecule has 5 heteroatoms. The molecule has 1 aromatic carbocycles. The van der Waals surface area contributed by atoms with Crippen molar-refractivity contribution in [1.82, 2.24) is 10.2 Å². The zero-order valence-electron chi connectivity index (χ0n) is 12.2. The van der Waals surface area contributed by atoms with Crippen LogP contribution in [0.25, 0.3) is 0 Å². The fourth-order valence-corrected chi connectivity index (χ4v) is 2.51. The van der Waals surface area contributed by atoms with Crippen molar-refractivity contribution in [3.63, 3.8) is 0 Å². The van der Waals surface area contributed by atoms with Gasteiger partial charge in [-0.2, -0.15) is 0 Å². The molecule has 1 aromatic rings. The van der Waals surface area contributed by atoms with Gasteiger partial charge in [-0.1, -0.05) is 30.3 Å². The van der Waals surface area contributed by atoms with Gasteiger partial charge in [0.1, 0.15) is 0 Å². The average Bonchev–Trinajstić information content (AvgIpc) is 2.50. The Hall–Kier alpha value is -1.59. The van der Waals surface area contributed by atoms with Crippen LogP contribution in [0.4, 0.5) is 4.79 Å². The average molecular weight is 292 g/mol. The number of carbonyl (C=O) groups excluding carboxylic acids is 1. The normalized spacial score (nSPS) is 22.1. The Morgan fingerprint density at radius 2 is 1.95 bits per heavy atom. The first-order valence-electron chi connectivity index (χ1n) is 7.59. The molecular weight excluding hydrogens is 268 g/mol. The molecule has 21 heavy (non-hydrogen) atoms. The SMILES string of the molecule is O=C(NCCCCc1ccccc1)N1CC[C@H](O)[C@H](O)C1. The van der Waals surface area contributed by atoms with Crippen LogP contribution in [0.15, 0.2) is 30.3 Å². The summed E-state index contributed by atoms with van der Waals surface area (Å²) in [5, 5.41) is 21.9. The number of aliphatic hydroxyl groups excluding tert-OH is 2. The molecule has 2 atom stereocenters. The molecule has 0 spiro atoms. The van der Waals surface area contributed by atoms with E-state index in [0.717, 1.165) is 19.3 Å². The minimum Gasteiger partial charge on any atom is -0.390 e. The Bertz CT molecular complexity index is 438. The Kier molecular flexibility index (Phi) is 6.02. The molecule has 116 valence electrons. The highest BCUT2D eigenvalue weighted by atomic mass is 16.3. The predicted octanol–water partition coefficient (Wildman–Crippen LogP) is 1.15. The maximum atomic E-state index is 11.9. The van der Waals surface area contributed by atoms with Crippen molar-refractivity contribution in [3.8, 4) is 0 Å². The van der Waals surface area contributed by atoms with Crippen LogP contribution in [0.1, 0.15) is 24.8 Å². The number of hydrogen-bond acceptors (Lipinski definition) is 3. The minimum atomic E-state index is -0.831. The molecular formula is C16H24N2O3. The number of likely N-dealkylation sites (tertiary alicyclic amines) is 1. The number of piperidine rings is 1. The van der Waals surface area contributed by atoms with Gasteiger partial charge in [0.05, 0.1) is 18.8 Å². The van der Waals surface area contributed by atoms with E-state index in [0.29, 0.717) is 19.5 Å². The number of β-amino-alcohol motifs (C(OH)–C–C–N with tert-alkyl or cyclic N) is 1. The summed E-state index contributed by atoms with van der Waals surface area (Å²) in [6.07, 6.45) is 1.88. The number of benzene rings is 1. The number of aryl methyl sites for hydroxylation is 1. The number of hydrogen-bond donors (Lipinski definition) is 3. The quantitative estimate of drug-likeness (QED) is 0.713. The molecule has 1 aliphatic rings. The van der Waals surface area contributed by atoms with Gasteiger partial charge >= 0.3 is 6.03 Å². The highest BCUT2D eigenvalue weighted by Crippen LogP contribution is 2.11. The van der Waals surface area contributed by atoms with E-state index in [1.165, 1.54) is 5.56 Å². The molecule has 1 aliphatic heterocycles. The van der Waals surface area contributed by atoms with Crippen molar-refractivity contribution in [2.24, 2.45) is 0 Å². The fraction of sp³-hybridized carbons (Fsp3) is 0.562. The summed E-state index contributed by atoms with van der Waals surface area (Å²) >= 11 is 0.